The van der Waals surface area contributed by atoms with Crippen LogP contribution in [-0.4, -0.2) is 22.8 Å². The molecule has 0 aliphatic carbocycles. The van der Waals surface area contributed by atoms with Gasteiger partial charge < -0.3 is 9.72 Å². The zero-order chi connectivity index (χ0) is 9.68. The van der Waals surface area contributed by atoms with Crippen LogP contribution in [-0.2, 0) is 0 Å². The molecule has 0 bridgehead atoms. The highest BCUT2D eigenvalue weighted by Gasteiger charge is 1.99. The molecule has 70 valence electrons. The molecule has 4 nitrogen and oxygen atoms in total. The van der Waals surface area contributed by atoms with Crippen molar-refractivity contribution in [2.24, 2.45) is 0 Å². The maximum absolute atomic E-state index is 11.0. The lowest BCUT2D eigenvalue weighted by molar-refractivity contribution is 0.391. The second-order valence-electron chi connectivity index (χ2n) is 2.19. The van der Waals surface area contributed by atoms with Gasteiger partial charge >= 0.3 is 0 Å². The van der Waals surface area contributed by atoms with Crippen LogP contribution >= 0.6 is 11.8 Å². The van der Waals surface area contributed by atoms with Crippen molar-refractivity contribution in [1.29, 1.82) is 0 Å². The van der Waals surface area contributed by atoms with Gasteiger partial charge in [0.25, 0.3) is 5.56 Å². The number of nitrogens with one attached hydrogen (secondary N) is 1. The molecule has 1 N–H and O–H groups in total. The summed E-state index contributed by atoms with van der Waals surface area (Å²) in [5, 5.41) is 0.546. The van der Waals surface area contributed by atoms with Gasteiger partial charge in [-0.2, -0.15) is 4.98 Å². The standard InChI is InChI=1S/C8H10N2O2S/c1-3-4-13-8-9-6(11)5-7(10-8)12-2/h3,5H,1,4H2,2H3,(H,9,10,11). The SMILES string of the molecule is C=CCSc1nc(OC)cc(=O)[nH]1. The normalized spacial score (nSPS) is 9.62. The molecule has 0 saturated heterocycles. The van der Waals surface area contributed by atoms with E-state index in [0.717, 1.165) is 0 Å². The van der Waals surface area contributed by atoms with E-state index in [2.05, 4.69) is 16.5 Å². The molecule has 0 fully saturated rings. The molecular formula is C8H10N2O2S. The number of H-pyrrole nitrogens is 1. The second kappa shape index (κ2) is 4.71. The molecule has 1 heterocycles. The molecule has 0 atom stereocenters. The van der Waals surface area contributed by atoms with E-state index in [4.69, 9.17) is 4.74 Å². The number of aromatic nitrogens is 2. The van der Waals surface area contributed by atoms with Crippen LogP contribution in [0.4, 0.5) is 0 Å². The zero-order valence-electron chi connectivity index (χ0n) is 7.24. The Balaban J connectivity index is 2.88. The first kappa shape index (κ1) is 9.85. The molecule has 0 saturated carbocycles. The summed E-state index contributed by atoms with van der Waals surface area (Å²) in [5.41, 5.74) is -0.210. The fraction of sp³-hybridized carbons (Fsp3) is 0.250. The quantitative estimate of drug-likeness (QED) is 0.446. The van der Waals surface area contributed by atoms with Crippen molar-refractivity contribution in [2.75, 3.05) is 12.9 Å². The van der Waals surface area contributed by atoms with Gasteiger partial charge in [-0.25, -0.2) is 0 Å². The van der Waals surface area contributed by atoms with Gasteiger partial charge in [-0.1, -0.05) is 17.8 Å². The van der Waals surface area contributed by atoms with Crippen molar-refractivity contribution in [1.82, 2.24) is 9.97 Å². The Bertz CT molecular complexity index is 348. The van der Waals surface area contributed by atoms with Crippen molar-refractivity contribution in [3.63, 3.8) is 0 Å². The number of methoxy groups -OCH3 is 1. The van der Waals surface area contributed by atoms with E-state index in [1.165, 1.54) is 24.9 Å². The van der Waals surface area contributed by atoms with Crippen molar-refractivity contribution in [3.05, 3.63) is 29.1 Å². The highest BCUT2D eigenvalue weighted by atomic mass is 32.2. The van der Waals surface area contributed by atoms with Gasteiger partial charge in [0.1, 0.15) is 0 Å². The van der Waals surface area contributed by atoms with E-state index in [9.17, 15) is 4.79 Å². The Morgan fingerprint density at radius 2 is 2.62 bits per heavy atom. The van der Waals surface area contributed by atoms with Crippen molar-refractivity contribution in [2.45, 2.75) is 5.16 Å². The van der Waals surface area contributed by atoms with Crippen molar-refractivity contribution < 1.29 is 4.74 Å². The van der Waals surface area contributed by atoms with Crippen LogP contribution in [0.2, 0.25) is 0 Å². The maximum Gasteiger partial charge on any atom is 0.255 e. The number of aromatic amines is 1. The predicted molar refractivity (Wildman–Crippen MR) is 52.3 cm³/mol. The van der Waals surface area contributed by atoms with E-state index in [1.807, 2.05) is 0 Å². The van der Waals surface area contributed by atoms with Gasteiger partial charge in [-0.3, -0.25) is 4.79 Å². The Morgan fingerprint density at radius 1 is 1.85 bits per heavy atom. The molecule has 0 radical (unpaired) electrons. The predicted octanol–water partition coefficient (Wildman–Crippen LogP) is 1.06. The lowest BCUT2D eigenvalue weighted by Gasteiger charge is -2.00. The third kappa shape index (κ3) is 2.95. The van der Waals surface area contributed by atoms with Crippen LogP contribution < -0.4 is 10.3 Å². The number of nitrogens with zero attached hydrogens (tertiary/aromatic N) is 1. The van der Waals surface area contributed by atoms with Crippen LogP contribution in [0.3, 0.4) is 0 Å². The first-order valence-electron chi connectivity index (χ1n) is 3.65. The molecule has 13 heavy (non-hydrogen) atoms. The van der Waals surface area contributed by atoms with Crippen molar-refractivity contribution in [3.8, 4) is 5.88 Å². The largest absolute Gasteiger partial charge is 0.481 e. The minimum Gasteiger partial charge on any atom is -0.481 e. The monoisotopic (exact) mass is 198 g/mol. The molecule has 1 aromatic rings. The highest BCUT2D eigenvalue weighted by molar-refractivity contribution is 7.99. The topological polar surface area (TPSA) is 55.0 Å². The molecule has 0 aliphatic rings. The van der Waals surface area contributed by atoms with Gasteiger partial charge in [-0.05, 0) is 0 Å². The second-order valence-corrected chi connectivity index (χ2v) is 3.20. The van der Waals surface area contributed by atoms with E-state index >= 15 is 0 Å². The molecule has 1 rings (SSSR count). The minimum atomic E-state index is -0.210. The average Bonchev–Trinajstić information content (AvgIpc) is 2.14. The summed E-state index contributed by atoms with van der Waals surface area (Å²) in [6.07, 6.45) is 1.74. The van der Waals surface area contributed by atoms with Crippen LogP contribution in [0.1, 0.15) is 0 Å². The molecule has 0 unspecified atom stereocenters. The Hall–Kier alpha value is -1.23. The van der Waals surface area contributed by atoms with Crippen LogP contribution in [0.5, 0.6) is 5.88 Å². The molecule has 5 heteroatoms. The molecule has 0 amide bonds. The zero-order valence-corrected chi connectivity index (χ0v) is 8.06. The van der Waals surface area contributed by atoms with Crippen LogP contribution in [0.25, 0.3) is 0 Å². The number of ether oxygens (including phenoxy) is 1. The smallest absolute Gasteiger partial charge is 0.255 e. The first-order valence-corrected chi connectivity index (χ1v) is 4.64. The van der Waals surface area contributed by atoms with Gasteiger partial charge in [0.05, 0.1) is 13.2 Å². The van der Waals surface area contributed by atoms with Crippen molar-refractivity contribution >= 4 is 11.8 Å². The molecule has 0 aliphatic heterocycles. The Morgan fingerprint density at radius 3 is 3.23 bits per heavy atom. The van der Waals surface area contributed by atoms with E-state index in [1.54, 1.807) is 6.08 Å². The van der Waals surface area contributed by atoms with Gasteiger partial charge in [0, 0.05) is 5.75 Å². The minimum absolute atomic E-state index is 0.210. The summed E-state index contributed by atoms with van der Waals surface area (Å²) in [6, 6.07) is 1.30. The summed E-state index contributed by atoms with van der Waals surface area (Å²) in [5.74, 6) is 1.03. The van der Waals surface area contributed by atoms with Gasteiger partial charge in [-0.15, -0.1) is 6.58 Å². The fourth-order valence-electron chi connectivity index (χ4n) is 0.725. The maximum atomic E-state index is 11.0. The van der Waals surface area contributed by atoms with Crippen LogP contribution in [0, 0.1) is 0 Å². The summed E-state index contributed by atoms with van der Waals surface area (Å²) in [7, 11) is 1.48. The average molecular weight is 198 g/mol. The summed E-state index contributed by atoms with van der Waals surface area (Å²) in [4.78, 5) is 17.6. The Kier molecular flexibility index (Phi) is 3.57. The van der Waals surface area contributed by atoms with Gasteiger partial charge in [0.15, 0.2) is 5.16 Å². The first-order chi connectivity index (χ1) is 6.26. The third-order valence-electron chi connectivity index (χ3n) is 1.24. The highest BCUT2D eigenvalue weighted by Crippen LogP contribution is 2.13. The summed E-state index contributed by atoms with van der Waals surface area (Å²) < 4.78 is 4.85. The van der Waals surface area contributed by atoms with E-state index < -0.39 is 0 Å². The van der Waals surface area contributed by atoms with Crippen LogP contribution in [0.15, 0.2) is 28.7 Å². The Labute approximate surface area is 80.0 Å². The van der Waals surface area contributed by atoms with E-state index in [0.29, 0.717) is 16.8 Å². The number of hydrogen-bond donors (Lipinski definition) is 1. The fourth-order valence-corrected chi connectivity index (χ4v) is 1.33. The number of rotatable bonds is 4. The summed E-state index contributed by atoms with van der Waals surface area (Å²) >= 11 is 1.40. The number of thioether (sulfide) groups is 1. The third-order valence-corrected chi connectivity index (χ3v) is 2.11. The number of hydrogen-bond acceptors (Lipinski definition) is 4. The molecule has 0 aromatic carbocycles. The summed E-state index contributed by atoms with van der Waals surface area (Å²) in [6.45, 7) is 3.57. The molecule has 1 aromatic heterocycles. The molecular weight excluding hydrogens is 188 g/mol. The van der Waals surface area contributed by atoms with Gasteiger partial charge in [0.2, 0.25) is 5.88 Å². The lowest BCUT2D eigenvalue weighted by Crippen LogP contribution is -2.08. The lowest BCUT2D eigenvalue weighted by atomic mass is 10.6. The van der Waals surface area contributed by atoms with E-state index in [-0.39, 0.29) is 5.56 Å². The molecule has 0 spiro atoms.